The van der Waals surface area contributed by atoms with Crippen molar-refractivity contribution in [3.63, 3.8) is 0 Å². The highest BCUT2D eigenvalue weighted by Crippen LogP contribution is 2.09. The van der Waals surface area contributed by atoms with Crippen LogP contribution in [0.4, 0.5) is 0 Å². The Morgan fingerprint density at radius 2 is 2.11 bits per heavy atom. The Bertz CT molecular complexity index is 138. The van der Waals surface area contributed by atoms with Crippen molar-refractivity contribution in [2.24, 2.45) is 0 Å². The van der Waals surface area contributed by atoms with Gasteiger partial charge in [-0.1, -0.05) is 37.8 Å². The molecule has 0 aromatic heterocycles. The standard InChI is InChI=1S/C9H14/c1-5-7-9(6-2)8(3)4/h5,7H,1,3,6H2,2,4H3. The summed E-state index contributed by atoms with van der Waals surface area (Å²) in [5.41, 5.74) is 2.42. The Balaban J connectivity index is 4.14. The SMILES string of the molecule is C=CC=C(CC)C(=C)C. The number of hydrogen-bond acceptors (Lipinski definition) is 0. The Morgan fingerprint density at radius 3 is 2.22 bits per heavy atom. The molecule has 0 saturated heterocycles. The van der Waals surface area contributed by atoms with Gasteiger partial charge in [-0.3, -0.25) is 0 Å². The number of allylic oxidation sites excluding steroid dienone is 4. The quantitative estimate of drug-likeness (QED) is 0.504. The third-order valence-corrected chi connectivity index (χ3v) is 1.25. The first-order valence-electron chi connectivity index (χ1n) is 3.19. The maximum atomic E-state index is 3.83. The largest absolute Gasteiger partial charge is 0.0991 e. The molecule has 0 atom stereocenters. The van der Waals surface area contributed by atoms with Crippen LogP contribution in [-0.2, 0) is 0 Å². The van der Waals surface area contributed by atoms with E-state index >= 15 is 0 Å². The molecule has 0 amide bonds. The summed E-state index contributed by atoms with van der Waals surface area (Å²) in [6, 6.07) is 0. The van der Waals surface area contributed by atoms with Crippen molar-refractivity contribution in [3.05, 3.63) is 36.5 Å². The maximum Gasteiger partial charge on any atom is -0.0305 e. The van der Waals surface area contributed by atoms with Gasteiger partial charge in [0.15, 0.2) is 0 Å². The van der Waals surface area contributed by atoms with Crippen molar-refractivity contribution in [1.82, 2.24) is 0 Å². The van der Waals surface area contributed by atoms with Crippen molar-refractivity contribution in [2.75, 3.05) is 0 Å². The summed E-state index contributed by atoms with van der Waals surface area (Å²) in [6.45, 7) is 11.6. The van der Waals surface area contributed by atoms with Crippen LogP contribution in [0.3, 0.4) is 0 Å². The molecule has 0 saturated carbocycles. The molecular weight excluding hydrogens is 108 g/mol. The average Bonchev–Trinajstić information content (AvgIpc) is 1.82. The highest BCUT2D eigenvalue weighted by molar-refractivity contribution is 5.28. The maximum absolute atomic E-state index is 3.83. The zero-order chi connectivity index (χ0) is 7.28. The first kappa shape index (κ1) is 8.22. The molecule has 9 heavy (non-hydrogen) atoms. The summed E-state index contributed by atoms with van der Waals surface area (Å²) in [5, 5.41) is 0. The van der Waals surface area contributed by atoms with Crippen molar-refractivity contribution in [1.29, 1.82) is 0 Å². The minimum atomic E-state index is 1.04. The Kier molecular flexibility index (Phi) is 3.78. The fourth-order valence-corrected chi connectivity index (χ4v) is 0.704. The zero-order valence-corrected chi connectivity index (χ0v) is 6.28. The van der Waals surface area contributed by atoms with Gasteiger partial charge in [0.1, 0.15) is 0 Å². The van der Waals surface area contributed by atoms with Gasteiger partial charge in [-0.05, 0) is 18.9 Å². The normalized spacial score (nSPS) is 11.1. The topological polar surface area (TPSA) is 0 Å². The van der Waals surface area contributed by atoms with Gasteiger partial charge in [-0.25, -0.2) is 0 Å². The first-order valence-corrected chi connectivity index (χ1v) is 3.19. The molecule has 0 bridgehead atoms. The number of rotatable bonds is 3. The third kappa shape index (κ3) is 2.91. The molecule has 0 unspecified atom stereocenters. The van der Waals surface area contributed by atoms with Gasteiger partial charge in [-0.15, -0.1) is 0 Å². The molecule has 0 aliphatic carbocycles. The minimum absolute atomic E-state index is 1.04. The molecular formula is C9H14. The van der Waals surface area contributed by atoms with E-state index in [0.29, 0.717) is 0 Å². The predicted molar refractivity (Wildman–Crippen MR) is 43.4 cm³/mol. The van der Waals surface area contributed by atoms with Gasteiger partial charge in [0.05, 0.1) is 0 Å². The van der Waals surface area contributed by atoms with E-state index in [2.05, 4.69) is 20.1 Å². The summed E-state index contributed by atoms with van der Waals surface area (Å²) in [4.78, 5) is 0. The molecule has 0 aromatic carbocycles. The summed E-state index contributed by atoms with van der Waals surface area (Å²) < 4.78 is 0. The summed E-state index contributed by atoms with van der Waals surface area (Å²) in [7, 11) is 0. The van der Waals surface area contributed by atoms with Crippen LogP contribution in [0.25, 0.3) is 0 Å². The number of hydrogen-bond donors (Lipinski definition) is 0. The molecule has 0 radical (unpaired) electrons. The van der Waals surface area contributed by atoms with Crippen LogP contribution in [-0.4, -0.2) is 0 Å². The molecule has 0 aliphatic heterocycles. The molecule has 0 nitrogen and oxygen atoms in total. The van der Waals surface area contributed by atoms with E-state index in [0.717, 1.165) is 12.0 Å². The Hall–Kier alpha value is -0.780. The fraction of sp³-hybridized carbons (Fsp3) is 0.333. The molecule has 50 valence electrons. The summed E-state index contributed by atoms with van der Waals surface area (Å²) in [5.74, 6) is 0. The fourth-order valence-electron chi connectivity index (χ4n) is 0.704. The van der Waals surface area contributed by atoms with Gasteiger partial charge in [-0.2, -0.15) is 0 Å². The van der Waals surface area contributed by atoms with Gasteiger partial charge in [0, 0.05) is 0 Å². The van der Waals surface area contributed by atoms with Crippen LogP contribution in [0.15, 0.2) is 36.5 Å². The van der Waals surface area contributed by atoms with E-state index in [1.165, 1.54) is 5.57 Å². The highest BCUT2D eigenvalue weighted by atomic mass is 14.0. The zero-order valence-electron chi connectivity index (χ0n) is 6.28. The summed E-state index contributed by atoms with van der Waals surface area (Å²) in [6.07, 6.45) is 4.84. The lowest BCUT2D eigenvalue weighted by molar-refractivity contribution is 1.11. The monoisotopic (exact) mass is 122 g/mol. The molecule has 0 rings (SSSR count). The smallest absolute Gasteiger partial charge is 0.0305 e. The molecule has 0 aromatic rings. The lowest BCUT2D eigenvalue weighted by atomic mass is 10.1. The van der Waals surface area contributed by atoms with Crippen LogP contribution < -0.4 is 0 Å². The van der Waals surface area contributed by atoms with Crippen molar-refractivity contribution in [3.8, 4) is 0 Å². The summed E-state index contributed by atoms with van der Waals surface area (Å²) >= 11 is 0. The third-order valence-electron chi connectivity index (χ3n) is 1.25. The van der Waals surface area contributed by atoms with Crippen LogP contribution in [0.2, 0.25) is 0 Å². The van der Waals surface area contributed by atoms with Crippen molar-refractivity contribution >= 4 is 0 Å². The Labute approximate surface area is 57.6 Å². The van der Waals surface area contributed by atoms with E-state index in [4.69, 9.17) is 0 Å². The second kappa shape index (κ2) is 4.13. The van der Waals surface area contributed by atoms with Crippen LogP contribution in [0.1, 0.15) is 20.3 Å². The Morgan fingerprint density at radius 1 is 1.56 bits per heavy atom. The average molecular weight is 122 g/mol. The predicted octanol–water partition coefficient (Wildman–Crippen LogP) is 3.08. The lowest BCUT2D eigenvalue weighted by Crippen LogP contribution is -1.78. The van der Waals surface area contributed by atoms with Gasteiger partial charge in [0.2, 0.25) is 0 Å². The molecule has 0 heterocycles. The van der Waals surface area contributed by atoms with E-state index in [1.807, 2.05) is 13.0 Å². The van der Waals surface area contributed by atoms with E-state index in [1.54, 1.807) is 6.08 Å². The second-order valence-electron chi connectivity index (χ2n) is 2.06. The minimum Gasteiger partial charge on any atom is -0.0991 e. The van der Waals surface area contributed by atoms with E-state index < -0.39 is 0 Å². The molecule has 0 N–H and O–H groups in total. The van der Waals surface area contributed by atoms with Crippen LogP contribution in [0.5, 0.6) is 0 Å². The second-order valence-corrected chi connectivity index (χ2v) is 2.06. The van der Waals surface area contributed by atoms with Crippen molar-refractivity contribution in [2.45, 2.75) is 20.3 Å². The lowest BCUT2D eigenvalue weighted by Gasteiger charge is -1.99. The van der Waals surface area contributed by atoms with Gasteiger partial charge >= 0.3 is 0 Å². The van der Waals surface area contributed by atoms with Crippen molar-refractivity contribution < 1.29 is 0 Å². The molecule has 0 heteroatoms. The van der Waals surface area contributed by atoms with Gasteiger partial charge in [0.25, 0.3) is 0 Å². The van der Waals surface area contributed by atoms with E-state index in [-0.39, 0.29) is 0 Å². The molecule has 0 spiro atoms. The molecule has 0 aliphatic rings. The first-order chi connectivity index (χ1) is 4.22. The van der Waals surface area contributed by atoms with E-state index in [9.17, 15) is 0 Å². The van der Waals surface area contributed by atoms with Crippen LogP contribution >= 0.6 is 0 Å². The highest BCUT2D eigenvalue weighted by Gasteiger charge is 1.89. The van der Waals surface area contributed by atoms with Gasteiger partial charge < -0.3 is 0 Å². The van der Waals surface area contributed by atoms with Crippen LogP contribution in [0, 0.1) is 0 Å². The molecule has 0 fully saturated rings.